The summed E-state index contributed by atoms with van der Waals surface area (Å²) in [5.41, 5.74) is 13.8. The second-order valence-electron chi connectivity index (χ2n) is 16.9. The van der Waals surface area contributed by atoms with Gasteiger partial charge in [-0.15, -0.1) is 0 Å². The van der Waals surface area contributed by atoms with E-state index in [1.54, 1.807) is 0 Å². The number of para-hydroxylation sites is 3. The highest BCUT2D eigenvalue weighted by Crippen LogP contribution is 2.42. The molecule has 0 amide bonds. The molecule has 1 aliphatic rings. The van der Waals surface area contributed by atoms with E-state index in [1.807, 2.05) is 24.3 Å². The molecule has 12 aromatic rings. The lowest BCUT2D eigenvalue weighted by Crippen LogP contribution is -2.17. The molecule has 64 heavy (non-hydrogen) atoms. The molecule has 0 aliphatic carbocycles. The first-order valence-corrected chi connectivity index (χ1v) is 21.9. The van der Waals surface area contributed by atoms with Gasteiger partial charge in [-0.3, -0.25) is 0 Å². The molecule has 0 spiro atoms. The number of rotatable bonds is 5. The molecule has 9 aromatic carbocycles. The van der Waals surface area contributed by atoms with Gasteiger partial charge in [-0.25, -0.2) is 9.98 Å². The minimum Gasteiger partial charge on any atom is -0.456 e. The first-order chi connectivity index (χ1) is 31.6. The lowest BCUT2D eigenvalue weighted by Gasteiger charge is -2.20. The number of furan rings is 2. The van der Waals surface area contributed by atoms with Crippen molar-refractivity contribution in [2.24, 2.45) is 15.9 Å². The maximum absolute atomic E-state index is 6.65. The van der Waals surface area contributed by atoms with Crippen LogP contribution in [-0.4, -0.2) is 16.1 Å². The first kappa shape index (κ1) is 36.4. The highest BCUT2D eigenvalue weighted by atomic mass is 16.3. The molecule has 0 saturated carbocycles. The molecule has 0 radical (unpaired) electrons. The molecule has 0 saturated heterocycles. The molecule has 4 heterocycles. The Hall–Kier alpha value is -8.28. The van der Waals surface area contributed by atoms with E-state index in [-0.39, 0.29) is 5.92 Å². The predicted molar refractivity (Wildman–Crippen MR) is 266 cm³/mol. The highest BCUT2D eigenvalue weighted by Gasteiger charge is 2.24. The van der Waals surface area contributed by atoms with Crippen molar-refractivity contribution < 1.29 is 8.83 Å². The van der Waals surface area contributed by atoms with Gasteiger partial charge < -0.3 is 13.4 Å². The Morgan fingerprint density at radius 1 is 0.438 bits per heavy atom. The van der Waals surface area contributed by atoms with Crippen LogP contribution in [0.2, 0.25) is 0 Å². The van der Waals surface area contributed by atoms with E-state index in [0.717, 1.165) is 106 Å². The monoisotopic (exact) mass is 821 g/mol. The van der Waals surface area contributed by atoms with Crippen LogP contribution in [-0.2, 0) is 0 Å². The van der Waals surface area contributed by atoms with Crippen LogP contribution in [0.25, 0.3) is 99.0 Å². The Morgan fingerprint density at radius 2 is 1.03 bits per heavy atom. The van der Waals surface area contributed by atoms with Gasteiger partial charge in [-0.2, -0.15) is 0 Å². The molecule has 13 rings (SSSR count). The van der Waals surface area contributed by atoms with Crippen molar-refractivity contribution in [2.45, 2.75) is 13.3 Å². The van der Waals surface area contributed by atoms with Crippen LogP contribution < -0.4 is 0 Å². The van der Waals surface area contributed by atoms with Crippen LogP contribution in [0.4, 0.5) is 0 Å². The third-order valence-corrected chi connectivity index (χ3v) is 13.1. The number of allylic oxidation sites excluding steroid dienone is 1. The Balaban J connectivity index is 1.07. The number of nitrogens with zero attached hydrogens (tertiary/aromatic N) is 3. The minimum absolute atomic E-state index is 0.0534. The molecule has 3 aromatic heterocycles. The van der Waals surface area contributed by atoms with Crippen molar-refractivity contribution in [2.75, 3.05) is 0 Å². The number of amidine groups is 1. The van der Waals surface area contributed by atoms with Crippen LogP contribution in [0.1, 0.15) is 30.0 Å². The molecule has 1 unspecified atom stereocenters. The zero-order chi connectivity index (χ0) is 42.3. The summed E-state index contributed by atoms with van der Waals surface area (Å²) in [6.07, 6.45) is 3.03. The Morgan fingerprint density at radius 3 is 1.81 bits per heavy atom. The average Bonchev–Trinajstić information content (AvgIpc) is 4.01. The molecule has 0 fully saturated rings. The Bertz CT molecular complexity index is 3940. The number of benzene rings is 9. The smallest absolute Gasteiger partial charge is 0.160 e. The van der Waals surface area contributed by atoms with E-state index in [2.05, 4.69) is 187 Å². The zero-order valence-electron chi connectivity index (χ0n) is 35.0. The molecule has 302 valence electrons. The normalized spacial score (nSPS) is 15.5. The number of fused-ring (bicyclic) bond motifs is 10. The van der Waals surface area contributed by atoms with Crippen LogP contribution in [0.5, 0.6) is 0 Å². The average molecular weight is 822 g/mol. The summed E-state index contributed by atoms with van der Waals surface area (Å²) in [7, 11) is 0. The maximum atomic E-state index is 6.65. The van der Waals surface area contributed by atoms with Gasteiger partial charge in [0.2, 0.25) is 0 Å². The minimum atomic E-state index is 0.0534. The van der Waals surface area contributed by atoms with Crippen LogP contribution in [0, 0.1) is 5.92 Å². The molecule has 1 aliphatic heterocycles. The largest absolute Gasteiger partial charge is 0.456 e. The van der Waals surface area contributed by atoms with E-state index in [1.165, 1.54) is 21.5 Å². The topological polar surface area (TPSA) is 55.9 Å². The van der Waals surface area contributed by atoms with E-state index < -0.39 is 0 Å². The number of aliphatic imine (C=N–C) groups is 2. The van der Waals surface area contributed by atoms with Gasteiger partial charge in [0.15, 0.2) is 5.84 Å². The number of hydrogen-bond acceptors (Lipinski definition) is 4. The fraction of sp³-hybridized carbons (Fsp3) is 0.0508. The molecule has 1 atom stereocenters. The molecule has 0 bridgehead atoms. The van der Waals surface area contributed by atoms with Crippen molar-refractivity contribution in [1.82, 2.24) is 4.57 Å². The predicted octanol–water partition coefficient (Wildman–Crippen LogP) is 15.7. The summed E-state index contributed by atoms with van der Waals surface area (Å²) < 4.78 is 15.3. The van der Waals surface area contributed by atoms with Gasteiger partial charge in [0, 0.05) is 49.4 Å². The Kier molecular flexibility index (Phi) is 8.19. The number of hydrogen-bond donors (Lipinski definition) is 0. The fourth-order valence-corrected chi connectivity index (χ4v) is 9.85. The molecule has 5 heteroatoms. The third kappa shape index (κ3) is 5.85. The first-order valence-electron chi connectivity index (χ1n) is 21.9. The molecular formula is C59H39N3O2. The van der Waals surface area contributed by atoms with Gasteiger partial charge in [0.1, 0.15) is 22.3 Å². The summed E-state index contributed by atoms with van der Waals surface area (Å²) in [4.78, 5) is 11.2. The summed E-state index contributed by atoms with van der Waals surface area (Å²) in [6.45, 7) is 2.27. The van der Waals surface area contributed by atoms with Gasteiger partial charge in [0.25, 0.3) is 0 Å². The maximum Gasteiger partial charge on any atom is 0.160 e. The van der Waals surface area contributed by atoms with Crippen molar-refractivity contribution in [1.29, 1.82) is 0 Å². The summed E-state index contributed by atoms with van der Waals surface area (Å²) in [6, 6.07) is 68.7. The van der Waals surface area contributed by atoms with Gasteiger partial charge in [-0.05, 0) is 94.5 Å². The van der Waals surface area contributed by atoms with Crippen molar-refractivity contribution in [3.63, 3.8) is 0 Å². The molecule has 0 N–H and O–H groups in total. The van der Waals surface area contributed by atoms with Gasteiger partial charge in [0.05, 0.1) is 28.1 Å². The SMILES string of the molecule is CC1C/C=C(\c2cc3oc4ccccc4c3cc2-n2c3ccccc3c3cc4ccccc4cc32)N=C(c2ccc(-c3ccccc3)cc2)N=C1c1ccc2oc3ccccc3c2c1. The van der Waals surface area contributed by atoms with E-state index in [9.17, 15) is 0 Å². The zero-order valence-corrected chi connectivity index (χ0v) is 35.0. The second kappa shape index (κ2) is 14.4. The third-order valence-electron chi connectivity index (χ3n) is 13.1. The van der Waals surface area contributed by atoms with Crippen molar-refractivity contribution in [3.05, 3.63) is 217 Å². The van der Waals surface area contributed by atoms with Crippen molar-refractivity contribution in [3.8, 4) is 16.8 Å². The Labute approximate surface area is 368 Å². The van der Waals surface area contributed by atoms with E-state index >= 15 is 0 Å². The van der Waals surface area contributed by atoms with Crippen LogP contribution in [0.3, 0.4) is 0 Å². The summed E-state index contributed by atoms with van der Waals surface area (Å²) in [5, 5.41) is 9.12. The number of aromatic nitrogens is 1. The van der Waals surface area contributed by atoms with Crippen LogP contribution >= 0.6 is 0 Å². The standard InChI is InChI=1S/C59H39N3O2/c1-36-23-29-50(60-59(39-26-24-38(25-27-39)37-13-3-2-4-14-37)61-58(36)42-28-30-56-47(32-42)44-18-8-11-21-54(44)63-56)49-35-57-48(45-19-9-12-22-55(45)64-57)34-53(49)62-51-20-10-7-17-43(51)46-31-40-15-5-6-16-41(40)33-52(46)62/h2-22,24-36H,23H2,1H3/b50-29+,60-59?,61-58?. The molecular weight excluding hydrogens is 783 g/mol. The van der Waals surface area contributed by atoms with Crippen molar-refractivity contribution >= 4 is 93.7 Å². The highest BCUT2D eigenvalue weighted by molar-refractivity contribution is 6.18. The fourth-order valence-electron chi connectivity index (χ4n) is 9.85. The lowest BCUT2D eigenvalue weighted by atomic mass is 9.92. The van der Waals surface area contributed by atoms with Crippen LogP contribution in [0.15, 0.2) is 219 Å². The van der Waals surface area contributed by atoms with Gasteiger partial charge >= 0.3 is 0 Å². The molecule has 5 nitrogen and oxygen atoms in total. The lowest BCUT2D eigenvalue weighted by molar-refractivity contribution is 0.668. The quantitative estimate of drug-likeness (QED) is 0.174. The second-order valence-corrected chi connectivity index (χ2v) is 16.9. The summed E-state index contributed by atoms with van der Waals surface area (Å²) >= 11 is 0. The van der Waals surface area contributed by atoms with E-state index in [0.29, 0.717) is 5.84 Å². The summed E-state index contributed by atoms with van der Waals surface area (Å²) in [5.74, 6) is 0.700. The van der Waals surface area contributed by atoms with Gasteiger partial charge in [-0.1, -0.05) is 146 Å². The van der Waals surface area contributed by atoms with E-state index in [4.69, 9.17) is 18.8 Å².